The monoisotopic (exact) mass is 617 g/mol. The van der Waals surface area contributed by atoms with E-state index in [1.54, 1.807) is 53.7 Å². The van der Waals surface area contributed by atoms with Crippen LogP contribution in [-0.2, 0) is 35.0 Å². The summed E-state index contributed by atoms with van der Waals surface area (Å²) in [5.74, 6) is -3.04. The fourth-order valence-electron chi connectivity index (χ4n) is 4.96. The van der Waals surface area contributed by atoms with Gasteiger partial charge in [0.2, 0.25) is 0 Å². The Morgan fingerprint density at radius 3 is 1.71 bits per heavy atom. The molecule has 0 spiro atoms. The molecule has 2 N–H and O–H groups in total. The predicted octanol–water partition coefficient (Wildman–Crippen LogP) is 5.65. The SMILES string of the molecule is CC(C)(C)OC(=O)C(Oc1ccc(C[C@@H](NC(=O)OCC2c3ccccc3-c3ccccc32)C(=O)O)cc1)C(=O)OC(C)(C)C. The van der Waals surface area contributed by atoms with Crippen molar-refractivity contribution < 1.29 is 43.2 Å². The van der Waals surface area contributed by atoms with Gasteiger partial charge in [0.1, 0.15) is 29.6 Å². The summed E-state index contributed by atoms with van der Waals surface area (Å²) in [6.45, 7) is 10.1. The first-order valence-corrected chi connectivity index (χ1v) is 14.7. The van der Waals surface area contributed by atoms with Crippen LogP contribution in [0.5, 0.6) is 5.75 Å². The maximum absolute atomic E-state index is 12.8. The number of alkyl carbamates (subject to hydrolysis) is 1. The summed E-state index contributed by atoms with van der Waals surface area (Å²) in [6, 6.07) is 20.7. The molecule has 1 amide bonds. The maximum Gasteiger partial charge on any atom is 0.407 e. The highest BCUT2D eigenvalue weighted by Gasteiger charge is 2.37. The number of carboxylic acid groups (broad SMARTS) is 1. The summed E-state index contributed by atoms with van der Waals surface area (Å²) < 4.78 is 21.9. The number of esters is 2. The van der Waals surface area contributed by atoms with Gasteiger partial charge in [0.15, 0.2) is 0 Å². The van der Waals surface area contributed by atoms with Crippen LogP contribution in [0.15, 0.2) is 72.8 Å². The van der Waals surface area contributed by atoms with Gasteiger partial charge in [0.25, 0.3) is 6.10 Å². The number of hydrogen-bond acceptors (Lipinski definition) is 8. The minimum Gasteiger partial charge on any atom is -0.480 e. The van der Waals surface area contributed by atoms with Crippen LogP contribution in [-0.4, -0.2) is 59.1 Å². The van der Waals surface area contributed by atoms with Crippen LogP contribution < -0.4 is 10.1 Å². The summed E-state index contributed by atoms with van der Waals surface area (Å²) in [4.78, 5) is 50.3. The van der Waals surface area contributed by atoms with Crippen LogP contribution in [0.1, 0.15) is 64.2 Å². The Kier molecular flexibility index (Phi) is 9.85. The number of benzene rings is 3. The summed E-state index contributed by atoms with van der Waals surface area (Å²) in [5.41, 5.74) is 3.09. The molecule has 0 aliphatic heterocycles. The molecule has 0 saturated carbocycles. The van der Waals surface area contributed by atoms with E-state index < -0.39 is 47.3 Å². The Morgan fingerprint density at radius 1 is 0.756 bits per heavy atom. The summed E-state index contributed by atoms with van der Waals surface area (Å²) in [5, 5.41) is 12.2. The molecule has 0 bridgehead atoms. The minimum atomic E-state index is -1.67. The van der Waals surface area contributed by atoms with E-state index in [4.69, 9.17) is 18.9 Å². The van der Waals surface area contributed by atoms with Crippen molar-refractivity contribution in [3.8, 4) is 16.9 Å². The molecule has 1 aliphatic rings. The van der Waals surface area contributed by atoms with Crippen molar-refractivity contribution >= 4 is 24.0 Å². The third-order valence-corrected chi connectivity index (χ3v) is 6.79. The zero-order valence-electron chi connectivity index (χ0n) is 26.3. The van der Waals surface area contributed by atoms with Crippen LogP contribution in [0.25, 0.3) is 11.1 Å². The lowest BCUT2D eigenvalue weighted by molar-refractivity contribution is -0.179. The van der Waals surface area contributed by atoms with Gasteiger partial charge in [-0.15, -0.1) is 0 Å². The second-order valence-electron chi connectivity index (χ2n) is 12.8. The average molecular weight is 618 g/mol. The third kappa shape index (κ3) is 8.84. The molecule has 238 valence electrons. The van der Waals surface area contributed by atoms with E-state index in [2.05, 4.69) is 5.32 Å². The summed E-state index contributed by atoms with van der Waals surface area (Å²) in [6.07, 6.45) is -2.57. The van der Waals surface area contributed by atoms with Gasteiger partial charge in [-0.3, -0.25) is 0 Å². The molecule has 1 atom stereocenters. The number of nitrogens with one attached hydrogen (secondary N) is 1. The number of ether oxygens (including phenoxy) is 4. The molecule has 3 aromatic rings. The summed E-state index contributed by atoms with van der Waals surface area (Å²) in [7, 11) is 0. The van der Waals surface area contributed by atoms with Gasteiger partial charge in [-0.05, 0) is 81.5 Å². The standard InChI is InChI=1S/C35H39NO9/c1-34(2,3)44-31(39)29(32(40)45-35(4,5)6)43-22-17-15-21(16-18-22)19-28(30(37)38)36-33(41)42-20-27-25-13-9-7-11-23(25)24-12-8-10-14-26(24)27/h7-18,27-29H,19-20H2,1-6H3,(H,36,41)(H,37,38)/t28-/m1/s1. The molecular formula is C35H39NO9. The Labute approximate surface area is 262 Å². The molecule has 1 aliphatic carbocycles. The maximum atomic E-state index is 12.8. The van der Waals surface area contributed by atoms with Gasteiger partial charge in [0.05, 0.1) is 0 Å². The molecule has 0 radical (unpaired) electrons. The molecule has 10 nitrogen and oxygen atoms in total. The lowest BCUT2D eigenvalue weighted by Gasteiger charge is -2.26. The molecule has 0 heterocycles. The number of carbonyl (C=O) groups excluding carboxylic acids is 3. The number of carboxylic acids is 1. The summed E-state index contributed by atoms with van der Waals surface area (Å²) >= 11 is 0. The van der Waals surface area contributed by atoms with Gasteiger partial charge in [-0.1, -0.05) is 60.7 Å². The lowest BCUT2D eigenvalue weighted by Crippen LogP contribution is -2.44. The van der Waals surface area contributed by atoms with Gasteiger partial charge in [-0.2, -0.15) is 0 Å². The highest BCUT2D eigenvalue weighted by molar-refractivity contribution is 5.98. The molecule has 4 rings (SSSR count). The Morgan fingerprint density at radius 2 is 1.24 bits per heavy atom. The molecule has 0 aromatic heterocycles. The van der Waals surface area contributed by atoms with Crippen molar-refractivity contribution in [3.63, 3.8) is 0 Å². The van der Waals surface area contributed by atoms with Crippen molar-refractivity contribution in [3.05, 3.63) is 89.5 Å². The Bertz CT molecular complexity index is 1480. The van der Waals surface area contributed by atoms with Crippen LogP contribution in [0.4, 0.5) is 4.79 Å². The van der Waals surface area contributed by atoms with Crippen molar-refractivity contribution in [1.82, 2.24) is 5.32 Å². The number of fused-ring (bicyclic) bond motifs is 3. The van der Waals surface area contributed by atoms with Crippen molar-refractivity contribution in [1.29, 1.82) is 0 Å². The molecule has 45 heavy (non-hydrogen) atoms. The van der Waals surface area contributed by atoms with Crippen LogP contribution in [0.3, 0.4) is 0 Å². The lowest BCUT2D eigenvalue weighted by atomic mass is 9.98. The first-order chi connectivity index (χ1) is 21.1. The molecule has 0 saturated heterocycles. The molecular weight excluding hydrogens is 578 g/mol. The van der Waals surface area contributed by atoms with E-state index in [1.807, 2.05) is 48.5 Å². The average Bonchev–Trinajstić information content (AvgIpc) is 3.27. The smallest absolute Gasteiger partial charge is 0.407 e. The van der Waals surface area contributed by atoms with Gasteiger partial charge in [0, 0.05) is 12.3 Å². The van der Waals surface area contributed by atoms with E-state index in [0.717, 1.165) is 22.3 Å². The number of amides is 1. The van der Waals surface area contributed by atoms with Crippen molar-refractivity contribution in [2.24, 2.45) is 0 Å². The van der Waals surface area contributed by atoms with E-state index in [0.29, 0.717) is 5.56 Å². The first-order valence-electron chi connectivity index (χ1n) is 14.7. The second kappa shape index (κ2) is 13.4. The van der Waals surface area contributed by atoms with Crippen LogP contribution in [0.2, 0.25) is 0 Å². The van der Waals surface area contributed by atoms with Crippen LogP contribution >= 0.6 is 0 Å². The largest absolute Gasteiger partial charge is 0.480 e. The number of hydrogen-bond donors (Lipinski definition) is 2. The van der Waals surface area contributed by atoms with Gasteiger partial charge >= 0.3 is 24.0 Å². The van der Waals surface area contributed by atoms with E-state index in [-0.39, 0.29) is 24.7 Å². The molecule has 0 fully saturated rings. The highest BCUT2D eigenvalue weighted by atomic mass is 16.6. The predicted molar refractivity (Wildman–Crippen MR) is 166 cm³/mol. The normalized spacial score (nSPS) is 13.3. The van der Waals surface area contributed by atoms with Crippen LogP contribution in [0, 0.1) is 0 Å². The number of carbonyl (C=O) groups is 4. The Balaban J connectivity index is 1.38. The van der Waals surface area contributed by atoms with Gasteiger partial charge in [-0.25, -0.2) is 19.2 Å². The molecule has 3 aromatic carbocycles. The second-order valence-corrected chi connectivity index (χ2v) is 12.8. The zero-order chi connectivity index (χ0) is 32.9. The van der Waals surface area contributed by atoms with E-state index in [9.17, 15) is 24.3 Å². The highest BCUT2D eigenvalue weighted by Crippen LogP contribution is 2.44. The fraction of sp³-hybridized carbons (Fsp3) is 0.371. The zero-order valence-corrected chi connectivity index (χ0v) is 26.3. The minimum absolute atomic E-state index is 0.0503. The topological polar surface area (TPSA) is 137 Å². The fourth-order valence-corrected chi connectivity index (χ4v) is 4.96. The number of rotatable bonds is 10. The Hall–Kier alpha value is -4.86. The number of aliphatic carboxylic acids is 1. The molecule has 10 heteroatoms. The first kappa shape index (κ1) is 33.0. The molecule has 0 unspecified atom stereocenters. The van der Waals surface area contributed by atoms with E-state index >= 15 is 0 Å². The van der Waals surface area contributed by atoms with Crippen molar-refractivity contribution in [2.45, 2.75) is 77.2 Å². The third-order valence-electron chi connectivity index (χ3n) is 6.79. The van der Waals surface area contributed by atoms with Crippen molar-refractivity contribution in [2.75, 3.05) is 6.61 Å². The van der Waals surface area contributed by atoms with E-state index in [1.165, 1.54) is 12.1 Å². The quantitative estimate of drug-likeness (QED) is 0.168. The van der Waals surface area contributed by atoms with Gasteiger partial charge < -0.3 is 29.4 Å².